The number of carboxylic acid groups (broad SMARTS) is 1. The molecule has 0 radical (unpaired) electrons. The van der Waals surface area contributed by atoms with Crippen LogP contribution in [-0.4, -0.2) is 38.5 Å². The molecule has 0 bridgehead atoms. The van der Waals surface area contributed by atoms with E-state index in [9.17, 15) is 18.0 Å². The van der Waals surface area contributed by atoms with E-state index in [1.165, 1.54) is 41.3 Å². The van der Waals surface area contributed by atoms with Gasteiger partial charge in [0.2, 0.25) is 5.89 Å². The molecule has 2 saturated carbocycles. The number of hydrogen-bond donors (Lipinski definition) is 2. The summed E-state index contributed by atoms with van der Waals surface area (Å²) in [6.45, 7) is 4.94. The van der Waals surface area contributed by atoms with Crippen molar-refractivity contribution in [2.24, 2.45) is 5.92 Å². The summed E-state index contributed by atoms with van der Waals surface area (Å²) in [5, 5.41) is 13.1. The summed E-state index contributed by atoms with van der Waals surface area (Å²) < 4.78 is 47.6. The number of alkyl halides is 3. The third-order valence-electron chi connectivity index (χ3n) is 8.87. The Morgan fingerprint density at radius 1 is 1.11 bits per heavy atom. The average Bonchev–Trinajstić information content (AvgIpc) is 3.92. The first-order valence-corrected chi connectivity index (χ1v) is 14.7. The third-order valence-corrected chi connectivity index (χ3v) is 8.87. The quantitative estimate of drug-likeness (QED) is 0.186. The molecule has 2 heterocycles. The SMILES string of the molecule is C[C@H](Oc1cc(C(=O)O)ncc1C1CC1)C(F)(F)F.Cc1nc(C(C)(c2ccc3c(c2N)Cc2ccccc2-3)C2CC2)no1. The molecule has 2 aromatic carbocycles. The van der Waals surface area contributed by atoms with Gasteiger partial charge in [-0.1, -0.05) is 41.6 Å². The number of halogens is 3. The summed E-state index contributed by atoms with van der Waals surface area (Å²) >= 11 is 0. The summed E-state index contributed by atoms with van der Waals surface area (Å²) in [5.41, 5.74) is 13.9. The number of carbonyl (C=O) groups is 1. The minimum Gasteiger partial charge on any atom is -0.481 e. The lowest BCUT2D eigenvalue weighted by Gasteiger charge is -2.29. The van der Waals surface area contributed by atoms with E-state index in [4.69, 9.17) is 20.1 Å². The highest BCUT2D eigenvalue weighted by atomic mass is 19.4. The van der Waals surface area contributed by atoms with Gasteiger partial charge in [-0.05, 0) is 79.2 Å². The Labute approximate surface area is 252 Å². The Hall–Kier alpha value is -4.41. The molecule has 1 unspecified atom stereocenters. The van der Waals surface area contributed by atoms with Gasteiger partial charge in [-0.25, -0.2) is 9.78 Å². The summed E-state index contributed by atoms with van der Waals surface area (Å²) in [6.07, 6.45) is -0.226. The maximum atomic E-state index is 12.5. The summed E-state index contributed by atoms with van der Waals surface area (Å²) in [4.78, 5) is 19.1. The van der Waals surface area contributed by atoms with Crippen LogP contribution in [0.25, 0.3) is 11.1 Å². The molecule has 44 heavy (non-hydrogen) atoms. The van der Waals surface area contributed by atoms with Crippen LogP contribution >= 0.6 is 0 Å². The number of aryl methyl sites for hydroxylation is 1. The minimum absolute atomic E-state index is 0.0419. The van der Waals surface area contributed by atoms with E-state index in [0.29, 0.717) is 17.4 Å². The van der Waals surface area contributed by atoms with E-state index in [1.807, 2.05) is 6.92 Å². The van der Waals surface area contributed by atoms with Crippen molar-refractivity contribution in [3.05, 3.63) is 88.3 Å². The van der Waals surface area contributed by atoms with Crippen molar-refractivity contribution in [2.75, 3.05) is 5.73 Å². The van der Waals surface area contributed by atoms with Gasteiger partial charge in [0.25, 0.3) is 0 Å². The van der Waals surface area contributed by atoms with Gasteiger partial charge in [0.1, 0.15) is 5.75 Å². The number of ether oxygens (including phenoxy) is 1. The van der Waals surface area contributed by atoms with E-state index in [1.54, 1.807) is 0 Å². The molecule has 7 rings (SSSR count). The lowest BCUT2D eigenvalue weighted by molar-refractivity contribution is -0.189. The highest BCUT2D eigenvalue weighted by molar-refractivity contribution is 5.86. The molecule has 230 valence electrons. The van der Waals surface area contributed by atoms with Crippen LogP contribution in [0.4, 0.5) is 18.9 Å². The number of carboxylic acids is 1. The Bertz CT molecular complexity index is 1730. The number of hydrogen-bond acceptors (Lipinski definition) is 7. The molecule has 8 nitrogen and oxygen atoms in total. The van der Waals surface area contributed by atoms with E-state index >= 15 is 0 Å². The summed E-state index contributed by atoms with van der Waals surface area (Å²) in [6, 6.07) is 14.0. The van der Waals surface area contributed by atoms with Crippen LogP contribution < -0.4 is 10.5 Å². The molecular formula is C33H33F3N4O4. The number of anilines is 1. The zero-order chi connectivity index (χ0) is 31.4. The normalized spacial score (nSPS) is 17.5. The molecule has 0 spiro atoms. The van der Waals surface area contributed by atoms with E-state index in [0.717, 1.165) is 49.3 Å². The van der Waals surface area contributed by atoms with Gasteiger partial charge < -0.3 is 20.1 Å². The van der Waals surface area contributed by atoms with Gasteiger partial charge in [-0.15, -0.1) is 0 Å². The fourth-order valence-electron chi connectivity index (χ4n) is 6.01. The number of nitrogen functional groups attached to an aromatic ring is 1. The predicted octanol–water partition coefficient (Wildman–Crippen LogP) is 7.23. The standard InChI is InChI=1S/C21H21N3O.C12H12F3NO3/c1-12-23-20(24-25-12)21(2,14-7-8-14)18-10-9-16-15-6-4-3-5-13(15)11-17(16)19(18)22;1-6(12(13,14)15)19-10-4-9(11(17)18)16-5-8(10)7-2-3-7/h3-6,9-10,14H,7-8,11,22H2,1-2H3;4-7H,2-3H2,1H3,(H,17,18)/t;6-/m.0/s1. The minimum atomic E-state index is -4.49. The second kappa shape index (κ2) is 10.9. The van der Waals surface area contributed by atoms with E-state index < -0.39 is 18.2 Å². The monoisotopic (exact) mass is 606 g/mol. The molecule has 0 saturated heterocycles. The van der Waals surface area contributed by atoms with Crippen molar-refractivity contribution in [2.45, 2.75) is 76.5 Å². The smallest absolute Gasteiger partial charge is 0.425 e. The van der Waals surface area contributed by atoms with Gasteiger partial charge in [0, 0.05) is 36.9 Å². The molecule has 3 aliphatic carbocycles. The largest absolute Gasteiger partial charge is 0.481 e. The zero-order valence-corrected chi connectivity index (χ0v) is 24.6. The topological polar surface area (TPSA) is 124 Å². The fraction of sp³-hybridized carbons (Fsp3) is 0.394. The van der Waals surface area contributed by atoms with E-state index in [-0.39, 0.29) is 22.8 Å². The molecule has 0 amide bonds. The molecule has 0 aliphatic heterocycles. The molecule has 3 N–H and O–H groups in total. The molecule has 3 aliphatic rings. The molecule has 2 atom stereocenters. The number of nitrogens with zero attached hydrogens (tertiary/aromatic N) is 3. The van der Waals surface area contributed by atoms with Crippen LogP contribution in [0.2, 0.25) is 0 Å². The lowest BCUT2D eigenvalue weighted by Crippen LogP contribution is -2.31. The number of nitrogens with two attached hydrogens (primary N) is 1. The maximum Gasteiger partial charge on any atom is 0.425 e. The molecule has 2 fully saturated rings. The Morgan fingerprint density at radius 2 is 1.84 bits per heavy atom. The van der Waals surface area contributed by atoms with Crippen molar-refractivity contribution in [3.63, 3.8) is 0 Å². The molecular weight excluding hydrogens is 573 g/mol. The summed E-state index contributed by atoms with van der Waals surface area (Å²) in [7, 11) is 0. The first-order valence-electron chi connectivity index (χ1n) is 14.7. The van der Waals surface area contributed by atoms with E-state index in [2.05, 4.69) is 58.4 Å². The Kier molecular flexibility index (Phi) is 7.37. The van der Waals surface area contributed by atoms with Gasteiger partial charge in [-0.2, -0.15) is 18.2 Å². The fourth-order valence-corrected chi connectivity index (χ4v) is 6.01. The second-order valence-corrected chi connectivity index (χ2v) is 12.0. The molecule has 2 aromatic heterocycles. The first kappa shape index (κ1) is 29.7. The van der Waals surface area contributed by atoms with Crippen molar-refractivity contribution in [1.82, 2.24) is 15.1 Å². The van der Waals surface area contributed by atoms with Crippen LogP contribution in [0.3, 0.4) is 0 Å². The van der Waals surface area contributed by atoms with Crippen molar-refractivity contribution < 1.29 is 32.3 Å². The average molecular weight is 607 g/mol. The molecule has 11 heteroatoms. The van der Waals surface area contributed by atoms with Gasteiger partial charge in [0.05, 0.1) is 5.41 Å². The Morgan fingerprint density at radius 3 is 2.45 bits per heavy atom. The van der Waals surface area contributed by atoms with Crippen LogP contribution in [0.1, 0.15) is 89.9 Å². The lowest BCUT2D eigenvalue weighted by atomic mass is 9.75. The highest BCUT2D eigenvalue weighted by Gasteiger charge is 2.49. The van der Waals surface area contributed by atoms with Crippen LogP contribution in [0, 0.1) is 12.8 Å². The number of rotatable bonds is 7. The number of aromatic carboxylic acids is 1. The zero-order valence-electron chi connectivity index (χ0n) is 24.6. The maximum absolute atomic E-state index is 12.5. The van der Waals surface area contributed by atoms with Crippen LogP contribution in [-0.2, 0) is 11.8 Å². The van der Waals surface area contributed by atoms with Crippen LogP contribution in [0.15, 0.2) is 53.2 Å². The van der Waals surface area contributed by atoms with Crippen molar-refractivity contribution in [1.29, 1.82) is 0 Å². The Balaban J connectivity index is 0.000000163. The van der Waals surface area contributed by atoms with Gasteiger partial charge >= 0.3 is 12.1 Å². The van der Waals surface area contributed by atoms with Gasteiger partial charge in [-0.3, -0.25) is 0 Å². The number of pyridine rings is 1. The highest BCUT2D eigenvalue weighted by Crippen LogP contribution is 2.53. The number of benzene rings is 2. The first-order chi connectivity index (χ1) is 20.9. The second-order valence-electron chi connectivity index (χ2n) is 12.0. The van der Waals surface area contributed by atoms with Gasteiger partial charge in [0.15, 0.2) is 17.6 Å². The van der Waals surface area contributed by atoms with Crippen molar-refractivity contribution >= 4 is 11.7 Å². The van der Waals surface area contributed by atoms with Crippen LogP contribution in [0.5, 0.6) is 5.75 Å². The van der Waals surface area contributed by atoms with Crippen molar-refractivity contribution in [3.8, 4) is 16.9 Å². The number of fused-ring (bicyclic) bond motifs is 3. The summed E-state index contributed by atoms with van der Waals surface area (Å²) in [5.74, 6) is 0.662. The predicted molar refractivity (Wildman–Crippen MR) is 157 cm³/mol. The molecule has 4 aromatic rings. The number of aromatic nitrogens is 3. The third kappa shape index (κ3) is 5.51.